The van der Waals surface area contributed by atoms with E-state index < -0.39 is 32.5 Å². The monoisotopic (exact) mass is 698 g/mol. The number of nitrogens with zero attached hydrogens (tertiary/aromatic N) is 1. The summed E-state index contributed by atoms with van der Waals surface area (Å²) in [5.41, 5.74) is 5.97. The van der Waals surface area contributed by atoms with Crippen molar-refractivity contribution >= 4 is 38.5 Å². The first-order valence-corrected chi connectivity index (χ1v) is 17.7. The number of halogens is 3. The first-order valence-electron chi connectivity index (χ1n) is 15.8. The summed E-state index contributed by atoms with van der Waals surface area (Å²) in [4.78, 5) is 10.3. The van der Waals surface area contributed by atoms with Gasteiger partial charge in [-0.3, -0.25) is 0 Å². The Hall–Kier alpha value is -4.83. The van der Waals surface area contributed by atoms with E-state index in [9.17, 15) is 27.1 Å². The zero-order valence-electron chi connectivity index (χ0n) is 26.3. The normalized spacial score (nSPS) is 11.8. The Bertz CT molecular complexity index is 2150. The van der Waals surface area contributed by atoms with Crippen LogP contribution in [0.5, 0.6) is 0 Å². The van der Waals surface area contributed by atoms with E-state index in [2.05, 4.69) is 9.29 Å². The molecule has 0 spiro atoms. The minimum Gasteiger partial charge on any atom is -0.478 e. The van der Waals surface area contributed by atoms with Crippen LogP contribution in [-0.4, -0.2) is 30.6 Å². The van der Waals surface area contributed by atoms with Crippen molar-refractivity contribution < 1.29 is 27.1 Å². The fourth-order valence-electron chi connectivity index (χ4n) is 6.41. The number of hydrogen-bond donors (Lipinski definition) is 2. The lowest BCUT2D eigenvalue weighted by Gasteiger charge is -2.25. The summed E-state index contributed by atoms with van der Waals surface area (Å²) in [5, 5.41) is 10.8. The van der Waals surface area contributed by atoms with Crippen molar-refractivity contribution in [2.75, 3.05) is 6.54 Å². The van der Waals surface area contributed by atoms with Crippen LogP contribution in [0.4, 0.5) is 8.78 Å². The molecule has 0 aliphatic carbocycles. The van der Waals surface area contributed by atoms with Crippen LogP contribution in [-0.2, 0) is 29.3 Å². The van der Waals surface area contributed by atoms with Gasteiger partial charge in [0.05, 0.1) is 11.6 Å². The molecule has 0 unspecified atom stereocenters. The Morgan fingerprint density at radius 2 is 1.39 bits per heavy atom. The number of carboxylic acid groups (broad SMARTS) is 1. The van der Waals surface area contributed by atoms with Crippen LogP contribution in [0.3, 0.4) is 0 Å². The van der Waals surface area contributed by atoms with Crippen LogP contribution in [0.15, 0.2) is 126 Å². The van der Waals surface area contributed by atoms with Crippen molar-refractivity contribution in [2.24, 2.45) is 0 Å². The highest BCUT2D eigenvalue weighted by Crippen LogP contribution is 2.38. The number of nitrogens with one attached hydrogen (secondary N) is 1. The van der Waals surface area contributed by atoms with Gasteiger partial charge in [0.2, 0.25) is 10.0 Å². The Morgan fingerprint density at radius 1 is 0.776 bits per heavy atom. The fourth-order valence-corrected chi connectivity index (χ4v) is 7.75. The largest absolute Gasteiger partial charge is 0.478 e. The molecule has 49 heavy (non-hydrogen) atoms. The van der Waals surface area contributed by atoms with E-state index >= 15 is 0 Å². The van der Waals surface area contributed by atoms with Crippen LogP contribution in [0.25, 0.3) is 10.9 Å². The molecular formula is C39H33ClF2N2O4S. The van der Waals surface area contributed by atoms with Crippen LogP contribution < -0.4 is 4.72 Å². The van der Waals surface area contributed by atoms with Crippen LogP contribution in [0.2, 0.25) is 5.02 Å². The average molecular weight is 699 g/mol. The molecule has 6 nitrogen and oxygen atoms in total. The third-order valence-corrected chi connectivity index (χ3v) is 10.4. The number of hydrogen-bond acceptors (Lipinski definition) is 3. The smallest absolute Gasteiger partial charge is 0.335 e. The molecule has 0 aliphatic heterocycles. The van der Waals surface area contributed by atoms with E-state index in [1.165, 1.54) is 0 Å². The topological polar surface area (TPSA) is 88.4 Å². The second kappa shape index (κ2) is 14.7. The van der Waals surface area contributed by atoms with E-state index in [0.29, 0.717) is 24.3 Å². The SMILES string of the molecule is O=C(O)c1ccc(CCCc2c(CCNS(=O)(=O)c3c(F)cccc3F)n(C(c3ccccc3)c3ccccc3)c3ccc(Cl)cc23)cc1. The van der Waals surface area contributed by atoms with Gasteiger partial charge >= 0.3 is 5.97 Å². The standard InChI is InChI=1S/C39H33ClF2N2O4S/c40-30-21-22-35-32(25-30)31(14-7-9-26-17-19-29(20-18-26)39(45)46)36(23-24-43-49(47,48)38-33(41)15-8-16-34(38)42)44(35)37(27-10-3-1-4-11-27)28-12-5-2-6-13-28/h1-6,8,10-13,15-22,25,37,43H,7,9,14,23-24H2,(H,45,46). The summed E-state index contributed by atoms with van der Waals surface area (Å²) in [6.07, 6.45) is 2.19. The molecule has 6 aromatic rings. The molecule has 1 aromatic heterocycles. The Labute approximate surface area is 288 Å². The minimum atomic E-state index is -4.51. The second-order valence-electron chi connectivity index (χ2n) is 11.7. The Balaban J connectivity index is 1.44. The van der Waals surface area contributed by atoms with Gasteiger partial charge in [0, 0.05) is 34.6 Å². The maximum absolute atomic E-state index is 14.5. The molecule has 2 N–H and O–H groups in total. The molecule has 0 saturated heterocycles. The molecule has 0 fully saturated rings. The summed E-state index contributed by atoms with van der Waals surface area (Å²) in [6, 6.07) is 35.1. The number of benzene rings is 5. The third kappa shape index (κ3) is 7.44. The van der Waals surface area contributed by atoms with E-state index in [0.717, 1.165) is 57.0 Å². The first kappa shape index (κ1) is 34.0. The van der Waals surface area contributed by atoms with Crippen LogP contribution >= 0.6 is 11.6 Å². The number of carbonyl (C=O) groups is 1. The molecule has 0 aliphatic rings. The lowest BCUT2D eigenvalue weighted by molar-refractivity contribution is 0.0697. The highest BCUT2D eigenvalue weighted by atomic mass is 35.5. The first-order chi connectivity index (χ1) is 23.6. The third-order valence-electron chi connectivity index (χ3n) is 8.61. The van der Waals surface area contributed by atoms with Crippen molar-refractivity contribution in [1.29, 1.82) is 0 Å². The maximum atomic E-state index is 14.5. The summed E-state index contributed by atoms with van der Waals surface area (Å²) in [5.74, 6) is -3.32. The molecule has 10 heteroatoms. The summed E-state index contributed by atoms with van der Waals surface area (Å²) in [7, 11) is -4.51. The Morgan fingerprint density at radius 3 is 1.98 bits per heavy atom. The number of aryl methyl sites for hydroxylation is 2. The van der Waals surface area contributed by atoms with E-state index in [1.54, 1.807) is 12.1 Å². The molecule has 0 radical (unpaired) electrons. The second-order valence-corrected chi connectivity index (χ2v) is 13.9. The summed E-state index contributed by atoms with van der Waals surface area (Å²) in [6.45, 7) is -0.125. The molecule has 0 amide bonds. The zero-order valence-corrected chi connectivity index (χ0v) is 27.9. The molecule has 0 atom stereocenters. The van der Waals surface area contributed by atoms with E-state index in [1.807, 2.05) is 91.0 Å². The lowest BCUT2D eigenvalue weighted by atomic mass is 9.97. The van der Waals surface area contributed by atoms with Crippen molar-refractivity contribution in [3.05, 3.63) is 171 Å². The van der Waals surface area contributed by atoms with Gasteiger partial charge in [0.25, 0.3) is 0 Å². The minimum absolute atomic E-state index is 0.125. The molecular weight excluding hydrogens is 666 g/mol. The molecule has 0 bridgehead atoms. The van der Waals surface area contributed by atoms with Crippen molar-refractivity contribution in [3.8, 4) is 0 Å². The molecule has 0 saturated carbocycles. The average Bonchev–Trinajstić information content (AvgIpc) is 3.37. The molecule has 1 heterocycles. The predicted molar refractivity (Wildman–Crippen MR) is 188 cm³/mol. The quantitative estimate of drug-likeness (QED) is 0.126. The van der Waals surface area contributed by atoms with Gasteiger partial charge in [-0.2, -0.15) is 0 Å². The molecule has 250 valence electrons. The van der Waals surface area contributed by atoms with Gasteiger partial charge in [-0.05, 0) is 84.0 Å². The van der Waals surface area contributed by atoms with Crippen molar-refractivity contribution in [2.45, 2.75) is 36.6 Å². The van der Waals surface area contributed by atoms with Gasteiger partial charge < -0.3 is 9.67 Å². The molecule has 6 rings (SSSR count). The summed E-state index contributed by atoms with van der Waals surface area (Å²) < 4.78 is 60.0. The molecule has 5 aromatic carbocycles. The highest BCUT2D eigenvalue weighted by molar-refractivity contribution is 7.89. The van der Waals surface area contributed by atoms with E-state index in [4.69, 9.17) is 11.6 Å². The fraction of sp³-hybridized carbons (Fsp3) is 0.154. The van der Waals surface area contributed by atoms with Gasteiger partial charge in [0.15, 0.2) is 4.90 Å². The van der Waals surface area contributed by atoms with Gasteiger partial charge in [-0.1, -0.05) is 90.5 Å². The number of carboxylic acids is 1. The number of aromatic carboxylic acids is 1. The van der Waals surface area contributed by atoms with E-state index in [-0.39, 0.29) is 24.6 Å². The number of fused-ring (bicyclic) bond motifs is 1. The van der Waals surface area contributed by atoms with Gasteiger partial charge in [-0.25, -0.2) is 26.7 Å². The van der Waals surface area contributed by atoms with Crippen LogP contribution in [0, 0.1) is 11.6 Å². The van der Waals surface area contributed by atoms with Crippen molar-refractivity contribution in [3.63, 3.8) is 0 Å². The van der Waals surface area contributed by atoms with Gasteiger partial charge in [0.1, 0.15) is 11.6 Å². The van der Waals surface area contributed by atoms with Gasteiger partial charge in [-0.15, -0.1) is 0 Å². The maximum Gasteiger partial charge on any atom is 0.335 e. The Kier molecular flexibility index (Phi) is 10.2. The van der Waals surface area contributed by atoms with Crippen LogP contribution in [0.1, 0.15) is 50.8 Å². The lowest BCUT2D eigenvalue weighted by Crippen LogP contribution is -2.29. The number of aromatic nitrogens is 1. The predicted octanol–water partition coefficient (Wildman–Crippen LogP) is 8.61. The highest BCUT2D eigenvalue weighted by Gasteiger charge is 2.27. The summed E-state index contributed by atoms with van der Waals surface area (Å²) >= 11 is 6.58. The zero-order chi connectivity index (χ0) is 34.5. The number of sulfonamides is 1. The number of rotatable bonds is 13. The van der Waals surface area contributed by atoms with Crippen molar-refractivity contribution in [1.82, 2.24) is 9.29 Å².